The van der Waals surface area contributed by atoms with Gasteiger partial charge in [0.1, 0.15) is 10.4 Å². The average Bonchev–Trinajstić information content (AvgIpc) is 3.34. The predicted molar refractivity (Wildman–Crippen MR) is 107 cm³/mol. The van der Waals surface area contributed by atoms with Gasteiger partial charge in [-0.25, -0.2) is 13.6 Å². The Labute approximate surface area is 170 Å². The largest absolute Gasteiger partial charge is 0.459 e. The van der Waals surface area contributed by atoms with Crippen molar-refractivity contribution in [3.63, 3.8) is 0 Å². The Morgan fingerprint density at radius 1 is 1.31 bits per heavy atom. The molecule has 1 aliphatic rings. The van der Waals surface area contributed by atoms with Crippen LogP contribution in [0.5, 0.6) is 0 Å². The predicted octanol–water partition coefficient (Wildman–Crippen LogP) is 2.56. The van der Waals surface area contributed by atoms with Crippen LogP contribution in [0.25, 0.3) is 10.2 Å². The van der Waals surface area contributed by atoms with Crippen LogP contribution in [0.15, 0.2) is 9.59 Å². The summed E-state index contributed by atoms with van der Waals surface area (Å²) in [5, 5.41) is 3.26. The van der Waals surface area contributed by atoms with Crippen molar-refractivity contribution in [3.8, 4) is 0 Å². The quantitative estimate of drug-likeness (QED) is 0.684. The smallest absolute Gasteiger partial charge is 0.332 e. The molecule has 2 aromatic rings. The highest BCUT2D eigenvalue weighted by molar-refractivity contribution is 7.18. The van der Waals surface area contributed by atoms with Gasteiger partial charge in [-0.1, -0.05) is 0 Å². The maximum absolute atomic E-state index is 13.1. The second-order valence-corrected chi connectivity index (χ2v) is 9.29. The number of nitrogens with one attached hydrogen (secondary N) is 1. The molecule has 0 unspecified atom stereocenters. The molecule has 0 atom stereocenters. The molecule has 0 saturated heterocycles. The Hall–Kier alpha value is -2.07. The molecule has 29 heavy (non-hydrogen) atoms. The Bertz CT molecular complexity index is 1040. The molecule has 0 spiro atoms. The average molecular weight is 429 g/mol. The number of nitrogens with zero attached hydrogens (tertiary/aromatic N) is 2. The summed E-state index contributed by atoms with van der Waals surface area (Å²) in [6.07, 6.45) is -1.32. The fourth-order valence-electron chi connectivity index (χ4n) is 3.19. The summed E-state index contributed by atoms with van der Waals surface area (Å²) < 4.78 is 33.6. The molecule has 1 saturated carbocycles. The van der Waals surface area contributed by atoms with E-state index in [1.807, 2.05) is 0 Å². The van der Waals surface area contributed by atoms with Gasteiger partial charge in [0, 0.05) is 17.5 Å². The van der Waals surface area contributed by atoms with Gasteiger partial charge in [0.2, 0.25) is 0 Å². The number of hydrogen-bond acceptors (Lipinski definition) is 6. The molecule has 10 heteroatoms. The number of rotatable bonds is 7. The van der Waals surface area contributed by atoms with E-state index in [4.69, 9.17) is 4.74 Å². The molecule has 0 radical (unpaired) electrons. The van der Waals surface area contributed by atoms with Crippen molar-refractivity contribution in [2.45, 2.75) is 71.7 Å². The first-order valence-electron chi connectivity index (χ1n) is 9.47. The number of alkyl halides is 2. The fourth-order valence-corrected chi connectivity index (χ4v) is 4.46. The number of ether oxygens (including phenoxy) is 1. The number of carbonyl (C=O) groups excluding carboxylic acids is 1. The van der Waals surface area contributed by atoms with Gasteiger partial charge in [-0.3, -0.25) is 18.7 Å². The van der Waals surface area contributed by atoms with Crippen LogP contribution in [0.4, 0.5) is 8.78 Å². The fraction of sp³-hybridized carbons (Fsp3) is 0.632. The van der Waals surface area contributed by atoms with Gasteiger partial charge in [-0.2, -0.15) is 0 Å². The Balaban J connectivity index is 1.93. The molecule has 1 aliphatic carbocycles. The van der Waals surface area contributed by atoms with E-state index >= 15 is 0 Å². The molecule has 2 heterocycles. The maximum Gasteiger partial charge on any atom is 0.332 e. The SMILES string of the molecule is Cc1c(CNCC(=O)OC(C)(C)C)sc2c1c(=O)n(C1CC1)c(=O)n2CC(F)F. The number of aryl methyl sites for hydroxylation is 1. The second-order valence-electron chi connectivity index (χ2n) is 8.21. The van der Waals surface area contributed by atoms with Crippen molar-refractivity contribution in [1.82, 2.24) is 14.5 Å². The number of carbonyl (C=O) groups is 1. The van der Waals surface area contributed by atoms with Gasteiger partial charge in [0.25, 0.3) is 12.0 Å². The van der Waals surface area contributed by atoms with Crippen molar-refractivity contribution in [3.05, 3.63) is 31.3 Å². The molecule has 160 valence electrons. The van der Waals surface area contributed by atoms with Crippen molar-refractivity contribution in [2.24, 2.45) is 0 Å². The van der Waals surface area contributed by atoms with Crippen molar-refractivity contribution >= 4 is 27.5 Å². The lowest BCUT2D eigenvalue weighted by Crippen LogP contribution is -2.40. The molecule has 3 rings (SSSR count). The molecule has 0 aromatic carbocycles. The van der Waals surface area contributed by atoms with Gasteiger partial charge < -0.3 is 10.1 Å². The van der Waals surface area contributed by atoms with Crippen molar-refractivity contribution < 1.29 is 18.3 Å². The zero-order valence-corrected chi connectivity index (χ0v) is 17.7. The summed E-state index contributed by atoms with van der Waals surface area (Å²) in [6, 6.07) is -0.212. The zero-order valence-electron chi connectivity index (χ0n) is 16.9. The highest BCUT2D eigenvalue weighted by Gasteiger charge is 2.31. The minimum atomic E-state index is -2.71. The lowest BCUT2D eigenvalue weighted by atomic mass is 10.2. The lowest BCUT2D eigenvalue weighted by Gasteiger charge is -2.19. The molecule has 0 aliphatic heterocycles. The normalized spacial score (nSPS) is 14.7. The first-order valence-corrected chi connectivity index (χ1v) is 10.3. The lowest BCUT2D eigenvalue weighted by molar-refractivity contribution is -0.153. The molecule has 0 bridgehead atoms. The number of hydrogen-bond donors (Lipinski definition) is 1. The summed E-state index contributed by atoms with van der Waals surface area (Å²) in [4.78, 5) is 38.4. The summed E-state index contributed by atoms with van der Waals surface area (Å²) in [5.41, 5.74) is -1.06. The van der Waals surface area contributed by atoms with E-state index in [0.717, 1.165) is 25.3 Å². The van der Waals surface area contributed by atoms with Crippen LogP contribution in [-0.4, -0.2) is 33.7 Å². The standard InChI is InChI=1S/C19H25F2N3O4S/c1-10-12(7-22-8-14(25)28-19(2,3)4)29-17-15(10)16(26)24(11-5-6-11)18(27)23(17)9-13(20)21/h11,13,22H,5-9H2,1-4H3. The number of esters is 1. The van der Waals surface area contributed by atoms with E-state index in [1.54, 1.807) is 27.7 Å². The van der Waals surface area contributed by atoms with E-state index in [9.17, 15) is 23.2 Å². The summed E-state index contributed by atoms with van der Waals surface area (Å²) >= 11 is 1.13. The van der Waals surface area contributed by atoms with Crippen LogP contribution < -0.4 is 16.6 Å². The Kier molecular flexibility index (Phi) is 5.96. The summed E-state index contributed by atoms with van der Waals surface area (Å²) in [6.45, 7) is 6.53. The molecule has 1 N–H and O–H groups in total. The van der Waals surface area contributed by atoms with Crippen molar-refractivity contribution in [1.29, 1.82) is 0 Å². The summed E-state index contributed by atoms with van der Waals surface area (Å²) in [7, 11) is 0. The minimum absolute atomic E-state index is 0.0267. The Morgan fingerprint density at radius 3 is 2.52 bits per heavy atom. The van der Waals surface area contributed by atoms with E-state index in [1.165, 1.54) is 0 Å². The molecule has 2 aromatic heterocycles. The van der Waals surface area contributed by atoms with Gasteiger partial charge in [-0.05, 0) is 46.1 Å². The van der Waals surface area contributed by atoms with Crippen LogP contribution >= 0.6 is 11.3 Å². The van der Waals surface area contributed by atoms with E-state index < -0.39 is 35.8 Å². The van der Waals surface area contributed by atoms with Crippen LogP contribution in [0.1, 0.15) is 50.1 Å². The maximum atomic E-state index is 13.1. The van der Waals surface area contributed by atoms with E-state index in [0.29, 0.717) is 23.8 Å². The first kappa shape index (κ1) is 21.6. The molecular weight excluding hydrogens is 404 g/mol. The van der Waals surface area contributed by atoms with E-state index in [-0.39, 0.29) is 24.0 Å². The van der Waals surface area contributed by atoms with Crippen molar-refractivity contribution in [2.75, 3.05) is 6.54 Å². The van der Waals surface area contributed by atoms with Crippen LogP contribution in [0.3, 0.4) is 0 Å². The third kappa shape index (κ3) is 4.75. The van der Waals surface area contributed by atoms with E-state index in [2.05, 4.69) is 5.32 Å². The molecule has 7 nitrogen and oxygen atoms in total. The number of aromatic nitrogens is 2. The highest BCUT2D eigenvalue weighted by atomic mass is 32.1. The molecule has 0 amide bonds. The van der Waals surface area contributed by atoms with Gasteiger partial charge in [0.15, 0.2) is 0 Å². The third-order valence-electron chi connectivity index (χ3n) is 4.55. The van der Waals surface area contributed by atoms with Crippen LogP contribution in [0.2, 0.25) is 0 Å². The minimum Gasteiger partial charge on any atom is -0.459 e. The highest BCUT2D eigenvalue weighted by Crippen LogP contribution is 2.34. The van der Waals surface area contributed by atoms with Gasteiger partial charge >= 0.3 is 11.7 Å². The van der Waals surface area contributed by atoms with Gasteiger partial charge in [0.05, 0.1) is 18.5 Å². The van der Waals surface area contributed by atoms with Gasteiger partial charge in [-0.15, -0.1) is 11.3 Å². The zero-order chi connectivity index (χ0) is 21.5. The van der Waals surface area contributed by atoms with Crippen LogP contribution in [-0.2, 0) is 22.6 Å². The van der Waals surface area contributed by atoms with Crippen LogP contribution in [0, 0.1) is 6.92 Å². The monoisotopic (exact) mass is 429 g/mol. The third-order valence-corrected chi connectivity index (χ3v) is 5.86. The number of halogens is 2. The Morgan fingerprint density at radius 2 is 1.97 bits per heavy atom. The topological polar surface area (TPSA) is 82.3 Å². The number of fused-ring (bicyclic) bond motifs is 1. The molecular formula is C19H25F2N3O4S. The summed E-state index contributed by atoms with van der Waals surface area (Å²) in [5.74, 6) is -0.415. The molecule has 1 fully saturated rings. The second kappa shape index (κ2) is 7.98. The first-order chi connectivity index (χ1) is 13.5. The number of thiophene rings is 1.